The minimum absolute atomic E-state index is 0.0188. The highest BCUT2D eigenvalue weighted by Gasteiger charge is 2.13. The van der Waals surface area contributed by atoms with E-state index in [0.717, 1.165) is 0 Å². The van der Waals surface area contributed by atoms with Gasteiger partial charge in [-0.05, 0) is 22.0 Å². The molecular weight excluding hydrogens is 265 g/mol. The highest BCUT2D eigenvalue weighted by atomic mass is 79.9. The van der Waals surface area contributed by atoms with Gasteiger partial charge in [0, 0.05) is 4.47 Å². The average Bonchev–Trinajstić information content (AvgIpc) is 2.09. The van der Waals surface area contributed by atoms with Crippen LogP contribution in [-0.4, -0.2) is 4.98 Å². The monoisotopic (exact) mass is 270 g/mol. The molecule has 1 rings (SSSR count). The molecule has 0 saturated heterocycles. The van der Waals surface area contributed by atoms with Crippen LogP contribution in [0, 0.1) is 0 Å². The first-order chi connectivity index (χ1) is 6.06. The van der Waals surface area contributed by atoms with Crippen molar-refractivity contribution in [1.82, 2.24) is 4.98 Å². The summed E-state index contributed by atoms with van der Waals surface area (Å²) < 4.78 is 24.9. The number of alkyl halides is 3. The molecule has 0 radical (unpaired) electrons. The fourth-order valence-electron chi connectivity index (χ4n) is 0.807. The van der Waals surface area contributed by atoms with Gasteiger partial charge < -0.3 is 5.73 Å². The van der Waals surface area contributed by atoms with Gasteiger partial charge in [0.15, 0.2) is 0 Å². The number of nitrogen functional groups attached to an aromatic ring is 1. The van der Waals surface area contributed by atoms with E-state index in [-0.39, 0.29) is 17.3 Å². The third kappa shape index (κ3) is 2.28. The van der Waals surface area contributed by atoms with Gasteiger partial charge in [-0.1, -0.05) is 0 Å². The average molecular weight is 271 g/mol. The van der Waals surface area contributed by atoms with E-state index in [1.165, 1.54) is 6.07 Å². The Balaban J connectivity index is 3.22. The van der Waals surface area contributed by atoms with E-state index in [2.05, 4.69) is 20.9 Å². The second-order valence-corrected chi connectivity index (χ2v) is 3.45. The summed E-state index contributed by atoms with van der Waals surface area (Å²) in [7, 11) is 0. The second kappa shape index (κ2) is 4.19. The minimum Gasteiger partial charge on any atom is -0.396 e. The molecule has 6 heteroatoms. The van der Waals surface area contributed by atoms with Gasteiger partial charge in [-0.15, -0.1) is 11.6 Å². The topological polar surface area (TPSA) is 38.9 Å². The first-order valence-electron chi connectivity index (χ1n) is 3.35. The molecule has 2 N–H and O–H groups in total. The van der Waals surface area contributed by atoms with Crippen molar-refractivity contribution in [3.63, 3.8) is 0 Å². The summed E-state index contributed by atoms with van der Waals surface area (Å²) in [4.78, 5) is 3.61. The first kappa shape index (κ1) is 10.7. The van der Waals surface area contributed by atoms with Crippen molar-refractivity contribution >= 4 is 33.2 Å². The molecule has 0 fully saturated rings. The number of anilines is 1. The van der Waals surface area contributed by atoms with Gasteiger partial charge in [-0.3, -0.25) is 0 Å². The normalized spacial score (nSPS) is 10.8. The predicted octanol–water partition coefficient (Wildman–Crippen LogP) is 3.10. The number of hydrogen-bond acceptors (Lipinski definition) is 2. The number of nitrogens with two attached hydrogens (primary N) is 1. The Morgan fingerprint density at radius 3 is 2.69 bits per heavy atom. The van der Waals surface area contributed by atoms with Crippen LogP contribution in [0.5, 0.6) is 0 Å². The Morgan fingerprint density at radius 2 is 2.23 bits per heavy atom. The zero-order valence-corrected chi connectivity index (χ0v) is 8.74. The van der Waals surface area contributed by atoms with Crippen LogP contribution < -0.4 is 5.73 Å². The van der Waals surface area contributed by atoms with E-state index in [1.807, 2.05) is 0 Å². The van der Waals surface area contributed by atoms with Gasteiger partial charge in [0.05, 0.1) is 17.3 Å². The Bertz CT molecular complexity index is 320. The molecule has 13 heavy (non-hydrogen) atoms. The van der Waals surface area contributed by atoms with Crippen LogP contribution in [-0.2, 0) is 5.88 Å². The van der Waals surface area contributed by atoms with Crippen molar-refractivity contribution in [3.8, 4) is 0 Å². The minimum atomic E-state index is -2.61. The molecule has 72 valence electrons. The molecule has 0 atom stereocenters. The van der Waals surface area contributed by atoms with Gasteiger partial charge in [0.1, 0.15) is 5.69 Å². The number of hydrogen-bond donors (Lipinski definition) is 1. The number of rotatable bonds is 2. The Morgan fingerprint density at radius 1 is 1.62 bits per heavy atom. The number of nitrogens with zero attached hydrogens (tertiary/aromatic N) is 1. The lowest BCUT2D eigenvalue weighted by Gasteiger charge is -2.06. The first-order valence-corrected chi connectivity index (χ1v) is 4.68. The largest absolute Gasteiger partial charge is 0.396 e. The second-order valence-electron chi connectivity index (χ2n) is 2.32. The molecule has 0 aliphatic heterocycles. The third-order valence-electron chi connectivity index (χ3n) is 1.46. The van der Waals surface area contributed by atoms with Crippen molar-refractivity contribution in [2.75, 3.05) is 5.73 Å². The van der Waals surface area contributed by atoms with Gasteiger partial charge in [0.2, 0.25) is 0 Å². The zero-order chi connectivity index (χ0) is 10.0. The van der Waals surface area contributed by atoms with Gasteiger partial charge >= 0.3 is 0 Å². The summed E-state index contributed by atoms with van der Waals surface area (Å²) >= 11 is 8.52. The third-order valence-corrected chi connectivity index (χ3v) is 2.37. The molecule has 0 aromatic carbocycles. The summed E-state index contributed by atoms with van der Waals surface area (Å²) in [5, 5.41) is 0. The summed E-state index contributed by atoms with van der Waals surface area (Å²) in [6.45, 7) is 0. The maximum atomic E-state index is 12.2. The van der Waals surface area contributed by atoms with Crippen LogP contribution in [0.2, 0.25) is 0 Å². The van der Waals surface area contributed by atoms with E-state index in [1.54, 1.807) is 0 Å². The fraction of sp³-hybridized carbons (Fsp3) is 0.286. The quantitative estimate of drug-likeness (QED) is 0.840. The van der Waals surface area contributed by atoms with Gasteiger partial charge in [-0.2, -0.15) is 0 Å². The van der Waals surface area contributed by atoms with E-state index in [0.29, 0.717) is 10.2 Å². The van der Waals surface area contributed by atoms with Crippen LogP contribution in [0.3, 0.4) is 0 Å². The highest BCUT2D eigenvalue weighted by molar-refractivity contribution is 9.10. The van der Waals surface area contributed by atoms with Crippen molar-refractivity contribution in [3.05, 3.63) is 21.9 Å². The Labute approximate surface area is 87.2 Å². The van der Waals surface area contributed by atoms with Crippen LogP contribution in [0.4, 0.5) is 14.5 Å². The van der Waals surface area contributed by atoms with Crippen LogP contribution in [0.25, 0.3) is 0 Å². The lowest BCUT2D eigenvalue weighted by atomic mass is 10.3. The molecule has 0 aliphatic carbocycles. The summed E-state index contributed by atoms with van der Waals surface area (Å²) in [6.07, 6.45) is -2.61. The lowest BCUT2D eigenvalue weighted by molar-refractivity contribution is 0.146. The number of halogens is 4. The Kier molecular flexibility index (Phi) is 3.44. The van der Waals surface area contributed by atoms with Crippen molar-refractivity contribution in [2.45, 2.75) is 12.3 Å². The molecule has 1 aromatic heterocycles. The zero-order valence-electron chi connectivity index (χ0n) is 6.40. The SMILES string of the molecule is Nc1c(Br)cc(C(F)F)nc1CCl. The maximum Gasteiger partial charge on any atom is 0.280 e. The number of pyridine rings is 1. The lowest BCUT2D eigenvalue weighted by Crippen LogP contribution is -2.01. The molecule has 1 heterocycles. The van der Waals surface area contributed by atoms with Crippen molar-refractivity contribution in [1.29, 1.82) is 0 Å². The Hall–Kier alpha value is -0.420. The van der Waals surface area contributed by atoms with E-state index >= 15 is 0 Å². The molecule has 1 aromatic rings. The van der Waals surface area contributed by atoms with Crippen molar-refractivity contribution < 1.29 is 8.78 Å². The maximum absolute atomic E-state index is 12.2. The molecule has 0 aliphatic rings. The molecule has 2 nitrogen and oxygen atoms in total. The molecule has 0 amide bonds. The van der Waals surface area contributed by atoms with Crippen LogP contribution in [0.1, 0.15) is 17.8 Å². The molecule has 0 spiro atoms. The molecule has 0 bridgehead atoms. The van der Waals surface area contributed by atoms with E-state index < -0.39 is 6.43 Å². The fourth-order valence-corrected chi connectivity index (χ4v) is 1.47. The highest BCUT2D eigenvalue weighted by Crippen LogP contribution is 2.28. The molecule has 0 saturated carbocycles. The molecule has 0 unspecified atom stereocenters. The van der Waals surface area contributed by atoms with Crippen molar-refractivity contribution in [2.24, 2.45) is 0 Å². The summed E-state index contributed by atoms with van der Waals surface area (Å²) in [5.74, 6) is 0.0188. The number of aromatic nitrogens is 1. The smallest absolute Gasteiger partial charge is 0.280 e. The van der Waals surface area contributed by atoms with Gasteiger partial charge in [-0.25, -0.2) is 13.8 Å². The van der Waals surface area contributed by atoms with Crippen LogP contribution >= 0.6 is 27.5 Å². The van der Waals surface area contributed by atoms with Crippen LogP contribution in [0.15, 0.2) is 10.5 Å². The standard InChI is InChI=1S/C7H6BrClF2N2/c8-3-1-4(7(10)11)13-5(2-9)6(3)12/h1,7H,2,12H2. The van der Waals surface area contributed by atoms with Gasteiger partial charge in [0.25, 0.3) is 6.43 Å². The molecular formula is C7H6BrClF2N2. The summed E-state index contributed by atoms with van der Waals surface area (Å²) in [5.41, 5.74) is 5.78. The van der Waals surface area contributed by atoms with E-state index in [9.17, 15) is 8.78 Å². The van der Waals surface area contributed by atoms with E-state index in [4.69, 9.17) is 17.3 Å². The predicted molar refractivity (Wildman–Crippen MR) is 50.9 cm³/mol. The summed E-state index contributed by atoms with van der Waals surface area (Å²) in [6, 6.07) is 1.19.